The molecule has 8 heteroatoms. The van der Waals surface area contributed by atoms with Crippen molar-refractivity contribution in [3.63, 3.8) is 0 Å². The van der Waals surface area contributed by atoms with Gasteiger partial charge in [0, 0.05) is 36.8 Å². The molecule has 146 valence electrons. The largest absolute Gasteiger partial charge is 0.497 e. The van der Waals surface area contributed by atoms with E-state index in [1.807, 2.05) is 36.4 Å². The number of amides is 2. The Kier molecular flexibility index (Phi) is 6.73. The summed E-state index contributed by atoms with van der Waals surface area (Å²) in [7, 11) is 3.35. The second kappa shape index (κ2) is 9.43. The highest BCUT2D eigenvalue weighted by Crippen LogP contribution is 2.24. The number of hydrogen-bond acceptors (Lipinski definition) is 5. The van der Waals surface area contributed by atoms with Gasteiger partial charge in [0.05, 0.1) is 18.0 Å². The van der Waals surface area contributed by atoms with Crippen LogP contribution in [0.25, 0.3) is 0 Å². The Hall–Kier alpha value is -2.77. The van der Waals surface area contributed by atoms with Gasteiger partial charge in [-0.05, 0) is 29.8 Å². The molecule has 0 aliphatic carbocycles. The molecule has 0 unspecified atom stereocenters. The van der Waals surface area contributed by atoms with Crippen LogP contribution in [0.3, 0.4) is 0 Å². The quantitative estimate of drug-likeness (QED) is 0.591. The normalized spacial score (nSPS) is 10.4. The summed E-state index contributed by atoms with van der Waals surface area (Å²) in [4.78, 5) is 19.1. The number of ether oxygens (including phenoxy) is 2. The van der Waals surface area contributed by atoms with Gasteiger partial charge in [0.1, 0.15) is 11.5 Å². The van der Waals surface area contributed by atoms with Crippen molar-refractivity contribution in [2.75, 3.05) is 14.2 Å². The van der Waals surface area contributed by atoms with Gasteiger partial charge in [-0.2, -0.15) is 0 Å². The monoisotopic (exact) mass is 417 g/mol. The number of carbonyl (C=O) groups excluding carboxylic acids is 1. The Labute approximate surface area is 172 Å². The molecule has 0 atom stereocenters. The molecule has 2 amide bonds. The van der Waals surface area contributed by atoms with E-state index < -0.39 is 0 Å². The third-order valence-corrected chi connectivity index (χ3v) is 5.09. The van der Waals surface area contributed by atoms with Crippen LogP contribution in [0.4, 0.5) is 4.79 Å². The first-order valence-electron chi connectivity index (χ1n) is 8.53. The zero-order valence-electron chi connectivity index (χ0n) is 15.5. The van der Waals surface area contributed by atoms with Crippen LogP contribution in [0.1, 0.15) is 10.4 Å². The fraction of sp³-hybridized carbons (Fsp3) is 0.200. The highest BCUT2D eigenvalue weighted by molar-refractivity contribution is 7.16. The van der Waals surface area contributed by atoms with Crippen LogP contribution < -0.4 is 14.8 Å². The van der Waals surface area contributed by atoms with Gasteiger partial charge in [-0.3, -0.25) is 0 Å². The maximum Gasteiger partial charge on any atom is 0.317 e. The SMILES string of the molecule is COc1cccc(Oc2ccc(CNC(=O)N(C)Cc3ccc(Cl)s3)cn2)c1. The number of halogens is 1. The fourth-order valence-corrected chi connectivity index (χ4v) is 3.56. The highest BCUT2D eigenvalue weighted by Gasteiger charge is 2.10. The molecule has 2 heterocycles. The van der Waals surface area contributed by atoms with Gasteiger partial charge in [-0.1, -0.05) is 23.7 Å². The smallest absolute Gasteiger partial charge is 0.317 e. The molecule has 0 saturated carbocycles. The van der Waals surface area contributed by atoms with Crippen molar-refractivity contribution in [2.24, 2.45) is 0 Å². The third kappa shape index (κ3) is 5.61. The molecule has 0 radical (unpaired) electrons. The molecule has 1 aromatic carbocycles. The summed E-state index contributed by atoms with van der Waals surface area (Å²) >= 11 is 7.38. The zero-order valence-corrected chi connectivity index (χ0v) is 17.1. The average Bonchev–Trinajstić information content (AvgIpc) is 3.12. The van der Waals surface area contributed by atoms with Gasteiger partial charge in [-0.15, -0.1) is 11.3 Å². The summed E-state index contributed by atoms with van der Waals surface area (Å²) in [5, 5.41) is 2.87. The van der Waals surface area contributed by atoms with Crippen LogP contribution in [0.2, 0.25) is 4.34 Å². The van der Waals surface area contributed by atoms with E-state index in [-0.39, 0.29) is 6.03 Å². The maximum absolute atomic E-state index is 12.2. The van der Waals surface area contributed by atoms with Crippen LogP contribution in [0.15, 0.2) is 54.7 Å². The summed E-state index contributed by atoms with van der Waals surface area (Å²) in [5.41, 5.74) is 0.874. The number of pyridine rings is 1. The molecule has 3 aromatic rings. The van der Waals surface area contributed by atoms with E-state index in [1.165, 1.54) is 11.3 Å². The minimum Gasteiger partial charge on any atom is -0.497 e. The Morgan fingerprint density at radius 1 is 1.21 bits per heavy atom. The average molecular weight is 418 g/mol. The first-order chi connectivity index (χ1) is 13.5. The van der Waals surface area contributed by atoms with E-state index in [2.05, 4.69) is 10.3 Å². The number of benzene rings is 1. The van der Waals surface area contributed by atoms with Crippen molar-refractivity contribution in [1.29, 1.82) is 0 Å². The molecule has 0 saturated heterocycles. The number of methoxy groups -OCH3 is 1. The molecule has 0 aliphatic heterocycles. The van der Waals surface area contributed by atoms with Gasteiger partial charge >= 0.3 is 6.03 Å². The van der Waals surface area contributed by atoms with Crippen molar-refractivity contribution in [1.82, 2.24) is 15.2 Å². The predicted octanol–water partition coefficient (Wildman–Crippen LogP) is 4.94. The van der Waals surface area contributed by atoms with Gasteiger partial charge < -0.3 is 19.7 Å². The molecular formula is C20H20ClN3O3S. The standard InChI is InChI=1S/C20H20ClN3O3S/c1-24(13-17-7-8-18(21)28-17)20(25)23-12-14-6-9-19(22-11-14)27-16-5-3-4-15(10-16)26-2/h3-11H,12-13H2,1-2H3,(H,23,25). The lowest BCUT2D eigenvalue weighted by molar-refractivity contribution is 0.207. The number of hydrogen-bond donors (Lipinski definition) is 1. The number of rotatable bonds is 7. The number of urea groups is 1. The molecule has 0 spiro atoms. The number of nitrogens with one attached hydrogen (secondary N) is 1. The molecule has 2 aromatic heterocycles. The topological polar surface area (TPSA) is 63.7 Å². The van der Waals surface area contributed by atoms with Crippen LogP contribution in [-0.4, -0.2) is 30.1 Å². The van der Waals surface area contributed by atoms with Crippen molar-refractivity contribution in [3.8, 4) is 17.4 Å². The molecule has 0 aliphatic rings. The van der Waals surface area contributed by atoms with E-state index in [9.17, 15) is 4.79 Å². The molecule has 0 fully saturated rings. The number of carbonyl (C=O) groups is 1. The van der Waals surface area contributed by atoms with Gasteiger partial charge in [0.15, 0.2) is 0 Å². The predicted molar refractivity (Wildman–Crippen MR) is 110 cm³/mol. The molecule has 28 heavy (non-hydrogen) atoms. The minimum absolute atomic E-state index is 0.166. The Morgan fingerprint density at radius 2 is 2.04 bits per heavy atom. The van der Waals surface area contributed by atoms with Crippen LogP contribution in [-0.2, 0) is 13.1 Å². The lowest BCUT2D eigenvalue weighted by Crippen LogP contribution is -2.36. The Bertz CT molecular complexity index is 930. The molecule has 6 nitrogen and oxygen atoms in total. The first-order valence-corrected chi connectivity index (χ1v) is 9.73. The van der Waals surface area contributed by atoms with E-state index >= 15 is 0 Å². The lowest BCUT2D eigenvalue weighted by Gasteiger charge is -2.17. The van der Waals surface area contributed by atoms with Gasteiger partial charge in [0.2, 0.25) is 5.88 Å². The Balaban J connectivity index is 1.50. The number of thiophene rings is 1. The summed E-state index contributed by atoms with van der Waals surface area (Å²) in [6, 6.07) is 14.5. The lowest BCUT2D eigenvalue weighted by atomic mass is 10.3. The van der Waals surface area contributed by atoms with Crippen LogP contribution in [0, 0.1) is 0 Å². The Morgan fingerprint density at radius 3 is 2.71 bits per heavy atom. The van der Waals surface area contributed by atoms with E-state index in [0.717, 1.165) is 10.4 Å². The summed E-state index contributed by atoms with van der Waals surface area (Å²) < 4.78 is 11.6. The summed E-state index contributed by atoms with van der Waals surface area (Å²) in [5.74, 6) is 1.82. The third-order valence-electron chi connectivity index (χ3n) is 3.87. The first kappa shape index (κ1) is 20.0. The van der Waals surface area contributed by atoms with Gasteiger partial charge in [-0.25, -0.2) is 9.78 Å². The van der Waals surface area contributed by atoms with E-state index in [1.54, 1.807) is 37.4 Å². The summed E-state index contributed by atoms with van der Waals surface area (Å²) in [6.45, 7) is 0.885. The number of nitrogens with zero attached hydrogens (tertiary/aromatic N) is 2. The highest BCUT2D eigenvalue weighted by atomic mass is 35.5. The van der Waals surface area contributed by atoms with Gasteiger partial charge in [0.25, 0.3) is 0 Å². The maximum atomic E-state index is 12.2. The molecule has 1 N–H and O–H groups in total. The number of aromatic nitrogens is 1. The molecule has 0 bridgehead atoms. The van der Waals surface area contributed by atoms with Crippen molar-refractivity contribution in [2.45, 2.75) is 13.1 Å². The second-order valence-electron chi connectivity index (χ2n) is 6.01. The zero-order chi connectivity index (χ0) is 19.9. The summed E-state index contributed by atoms with van der Waals surface area (Å²) in [6.07, 6.45) is 1.68. The molecular weight excluding hydrogens is 398 g/mol. The second-order valence-corrected chi connectivity index (χ2v) is 7.81. The van der Waals surface area contributed by atoms with Crippen LogP contribution >= 0.6 is 22.9 Å². The minimum atomic E-state index is -0.166. The van der Waals surface area contributed by atoms with E-state index in [0.29, 0.717) is 34.8 Å². The van der Waals surface area contributed by atoms with Crippen LogP contribution in [0.5, 0.6) is 17.4 Å². The van der Waals surface area contributed by atoms with Crippen molar-refractivity contribution < 1.29 is 14.3 Å². The molecule has 3 rings (SSSR count). The van der Waals surface area contributed by atoms with Crippen molar-refractivity contribution >= 4 is 29.0 Å². The fourth-order valence-electron chi connectivity index (χ4n) is 2.42. The van der Waals surface area contributed by atoms with Crippen molar-refractivity contribution in [3.05, 3.63) is 69.5 Å². The van der Waals surface area contributed by atoms with E-state index in [4.69, 9.17) is 21.1 Å².